The number of rotatable bonds is 8. The van der Waals surface area contributed by atoms with Crippen LogP contribution in [-0.4, -0.2) is 44.7 Å². The van der Waals surface area contributed by atoms with Gasteiger partial charge in [-0.25, -0.2) is 0 Å². The van der Waals surface area contributed by atoms with Gasteiger partial charge >= 0.3 is 0 Å². The van der Waals surface area contributed by atoms with Gasteiger partial charge in [-0.1, -0.05) is 6.07 Å². The number of nitrogens with one attached hydrogen (secondary N) is 1. The molecule has 0 bridgehead atoms. The Labute approximate surface area is 174 Å². The molecule has 2 aromatic heterocycles. The summed E-state index contributed by atoms with van der Waals surface area (Å²) >= 11 is 0. The molecule has 0 amide bonds. The highest BCUT2D eigenvalue weighted by Gasteiger charge is 2.25. The maximum Gasteiger partial charge on any atom is 0.0594 e. The highest BCUT2D eigenvalue weighted by molar-refractivity contribution is 5.84. The van der Waals surface area contributed by atoms with Crippen molar-refractivity contribution < 1.29 is 5.11 Å². The molecular weight excluding hydrogens is 358 g/mol. The van der Waals surface area contributed by atoms with Crippen LogP contribution in [0.15, 0.2) is 48.9 Å². The molecule has 4 heteroatoms. The molecule has 3 aromatic rings. The van der Waals surface area contributed by atoms with Gasteiger partial charge in [0.15, 0.2) is 0 Å². The van der Waals surface area contributed by atoms with E-state index in [0.29, 0.717) is 6.04 Å². The zero-order valence-corrected chi connectivity index (χ0v) is 17.7. The number of aliphatic hydroxyl groups is 1. The number of likely N-dealkylation sites (tertiary alicyclic amines) is 1. The molecular formula is C25H33N3O. The molecule has 3 heterocycles. The number of aromatic amines is 1. The molecule has 154 valence electrons. The summed E-state index contributed by atoms with van der Waals surface area (Å²) in [6, 6.07) is 11.6. The van der Waals surface area contributed by atoms with Crippen LogP contribution in [0.25, 0.3) is 10.9 Å². The average molecular weight is 392 g/mol. The summed E-state index contributed by atoms with van der Waals surface area (Å²) in [5.41, 5.74) is 4.70. The smallest absolute Gasteiger partial charge is 0.0594 e. The Kier molecular flexibility index (Phi) is 6.02. The third-order valence-corrected chi connectivity index (χ3v) is 6.25. The van der Waals surface area contributed by atoms with Crippen LogP contribution in [-0.2, 0) is 19.3 Å². The lowest BCUT2D eigenvalue weighted by atomic mass is 9.96. The summed E-state index contributed by atoms with van der Waals surface area (Å²) in [4.78, 5) is 10.2. The van der Waals surface area contributed by atoms with E-state index in [-0.39, 0.29) is 0 Å². The van der Waals surface area contributed by atoms with E-state index in [1.807, 2.05) is 26.2 Å². The van der Waals surface area contributed by atoms with E-state index in [9.17, 15) is 5.11 Å². The Morgan fingerprint density at radius 3 is 2.76 bits per heavy atom. The van der Waals surface area contributed by atoms with Crippen LogP contribution in [0, 0.1) is 0 Å². The van der Waals surface area contributed by atoms with Gasteiger partial charge in [-0.3, -0.25) is 9.88 Å². The van der Waals surface area contributed by atoms with Gasteiger partial charge < -0.3 is 10.1 Å². The molecule has 0 radical (unpaired) electrons. The lowest BCUT2D eigenvalue weighted by Gasteiger charge is -2.24. The molecule has 0 unspecified atom stereocenters. The van der Waals surface area contributed by atoms with Crippen molar-refractivity contribution in [3.63, 3.8) is 0 Å². The first-order valence-corrected chi connectivity index (χ1v) is 10.9. The minimum absolute atomic E-state index is 0.616. The van der Waals surface area contributed by atoms with Crippen LogP contribution in [0.4, 0.5) is 0 Å². The van der Waals surface area contributed by atoms with Crippen molar-refractivity contribution in [2.24, 2.45) is 0 Å². The minimum atomic E-state index is -0.616. The van der Waals surface area contributed by atoms with Crippen LogP contribution in [0.1, 0.15) is 49.8 Å². The first kappa shape index (κ1) is 20.1. The molecule has 1 aliphatic rings. The van der Waals surface area contributed by atoms with E-state index in [4.69, 9.17) is 0 Å². The van der Waals surface area contributed by atoms with Gasteiger partial charge in [0.1, 0.15) is 0 Å². The standard InChI is InChI=1S/C25H33N3O/c1-25(2,29)11-7-20-5-6-24-23(16-20)21(18-27-24)17-22-4-3-14-28(22)15-10-19-8-12-26-13-9-19/h5-6,8-9,12-13,16,18,22,27,29H,3-4,7,10-11,14-15,17H2,1-2H3/t22-/m1/s1. The van der Waals surface area contributed by atoms with E-state index < -0.39 is 5.60 Å². The summed E-state index contributed by atoms with van der Waals surface area (Å²) in [6.45, 7) is 6.09. The maximum atomic E-state index is 10.0. The Morgan fingerprint density at radius 1 is 1.14 bits per heavy atom. The number of nitrogens with zero attached hydrogens (tertiary/aromatic N) is 2. The lowest BCUT2D eigenvalue weighted by molar-refractivity contribution is 0.0714. The summed E-state index contributed by atoms with van der Waals surface area (Å²) in [7, 11) is 0. The number of aryl methyl sites for hydroxylation is 1. The van der Waals surface area contributed by atoms with Crippen LogP contribution in [0.5, 0.6) is 0 Å². The first-order valence-electron chi connectivity index (χ1n) is 10.9. The van der Waals surface area contributed by atoms with Crippen molar-refractivity contribution in [2.45, 2.75) is 64.0 Å². The van der Waals surface area contributed by atoms with Crippen LogP contribution in [0.3, 0.4) is 0 Å². The van der Waals surface area contributed by atoms with Gasteiger partial charge in [0.05, 0.1) is 5.60 Å². The Balaban J connectivity index is 1.43. The van der Waals surface area contributed by atoms with E-state index in [2.05, 4.69) is 51.4 Å². The van der Waals surface area contributed by atoms with Crippen LogP contribution >= 0.6 is 0 Å². The Bertz CT molecular complexity index is 926. The second-order valence-corrected chi connectivity index (χ2v) is 9.15. The maximum absolute atomic E-state index is 10.0. The fraction of sp³-hybridized carbons (Fsp3) is 0.480. The van der Waals surface area contributed by atoms with E-state index in [1.54, 1.807) is 0 Å². The fourth-order valence-electron chi connectivity index (χ4n) is 4.50. The molecule has 0 spiro atoms. The van der Waals surface area contributed by atoms with Crippen molar-refractivity contribution in [3.8, 4) is 0 Å². The zero-order valence-electron chi connectivity index (χ0n) is 17.7. The van der Waals surface area contributed by atoms with Gasteiger partial charge in [-0.2, -0.15) is 0 Å². The molecule has 1 atom stereocenters. The monoisotopic (exact) mass is 391 g/mol. The van der Waals surface area contributed by atoms with Crippen molar-refractivity contribution in [1.29, 1.82) is 0 Å². The van der Waals surface area contributed by atoms with Gasteiger partial charge in [-0.15, -0.1) is 0 Å². The van der Waals surface area contributed by atoms with E-state index in [1.165, 1.54) is 47.0 Å². The SMILES string of the molecule is CC(C)(O)CCc1ccc2[nH]cc(C[C@H]3CCCN3CCc3ccncc3)c2c1. The molecule has 1 aromatic carbocycles. The topological polar surface area (TPSA) is 52.1 Å². The minimum Gasteiger partial charge on any atom is -0.390 e. The zero-order chi connectivity index (χ0) is 20.3. The van der Waals surface area contributed by atoms with Crippen molar-refractivity contribution >= 4 is 10.9 Å². The highest BCUT2D eigenvalue weighted by atomic mass is 16.3. The molecule has 0 saturated carbocycles. The van der Waals surface area contributed by atoms with Gasteiger partial charge in [-0.05, 0) is 99.9 Å². The summed E-state index contributed by atoms with van der Waals surface area (Å²) in [5, 5.41) is 11.4. The van der Waals surface area contributed by atoms with Crippen molar-refractivity contribution in [3.05, 3.63) is 65.6 Å². The van der Waals surface area contributed by atoms with E-state index >= 15 is 0 Å². The van der Waals surface area contributed by atoms with Gasteiger partial charge in [0.25, 0.3) is 0 Å². The van der Waals surface area contributed by atoms with Crippen LogP contribution < -0.4 is 0 Å². The molecule has 1 fully saturated rings. The third-order valence-electron chi connectivity index (χ3n) is 6.25. The number of aromatic nitrogens is 2. The predicted molar refractivity (Wildman–Crippen MR) is 119 cm³/mol. The molecule has 4 nitrogen and oxygen atoms in total. The average Bonchev–Trinajstić information content (AvgIpc) is 3.32. The molecule has 1 saturated heterocycles. The number of pyridine rings is 1. The van der Waals surface area contributed by atoms with E-state index in [0.717, 1.165) is 32.2 Å². The first-order chi connectivity index (χ1) is 14.0. The number of benzene rings is 1. The van der Waals surface area contributed by atoms with Gasteiger partial charge in [0.2, 0.25) is 0 Å². The molecule has 29 heavy (non-hydrogen) atoms. The largest absolute Gasteiger partial charge is 0.390 e. The Morgan fingerprint density at radius 2 is 1.97 bits per heavy atom. The van der Waals surface area contributed by atoms with Crippen molar-refractivity contribution in [1.82, 2.24) is 14.9 Å². The quantitative estimate of drug-likeness (QED) is 0.594. The summed E-state index contributed by atoms with van der Waals surface area (Å²) < 4.78 is 0. The molecule has 2 N–H and O–H groups in total. The number of hydrogen-bond acceptors (Lipinski definition) is 3. The number of hydrogen-bond donors (Lipinski definition) is 2. The Hall–Kier alpha value is -2.17. The lowest BCUT2D eigenvalue weighted by Crippen LogP contribution is -2.32. The number of fused-ring (bicyclic) bond motifs is 1. The fourth-order valence-corrected chi connectivity index (χ4v) is 4.50. The molecule has 1 aliphatic heterocycles. The van der Waals surface area contributed by atoms with Crippen molar-refractivity contribution in [2.75, 3.05) is 13.1 Å². The predicted octanol–water partition coefficient (Wildman–Crippen LogP) is 4.52. The highest BCUT2D eigenvalue weighted by Crippen LogP contribution is 2.27. The second-order valence-electron chi connectivity index (χ2n) is 9.15. The second kappa shape index (κ2) is 8.68. The number of H-pyrrole nitrogens is 1. The normalized spacial score (nSPS) is 18.0. The third kappa shape index (κ3) is 5.26. The molecule has 4 rings (SSSR count). The summed E-state index contributed by atoms with van der Waals surface area (Å²) in [5.74, 6) is 0. The molecule has 0 aliphatic carbocycles. The van der Waals surface area contributed by atoms with Crippen LogP contribution in [0.2, 0.25) is 0 Å². The summed E-state index contributed by atoms with van der Waals surface area (Å²) in [6.07, 6.45) is 12.4. The van der Waals surface area contributed by atoms with Gasteiger partial charge in [0, 0.05) is 42.1 Å².